The maximum Gasteiger partial charge on any atom is 0.255 e. The molecule has 1 unspecified atom stereocenters. The number of hydrogen-bond acceptors (Lipinski definition) is 2. The van der Waals surface area contributed by atoms with E-state index in [1.54, 1.807) is 0 Å². The molecule has 1 N–H and O–H groups in total. The van der Waals surface area contributed by atoms with Crippen molar-refractivity contribution in [3.8, 4) is 0 Å². The zero-order chi connectivity index (χ0) is 13.3. The smallest absolute Gasteiger partial charge is 0.255 e. The summed E-state index contributed by atoms with van der Waals surface area (Å²) in [5, 5.41) is 3.44. The molecule has 1 saturated carbocycles. The van der Waals surface area contributed by atoms with Gasteiger partial charge in [0.15, 0.2) is 0 Å². The molecule has 1 heterocycles. The van der Waals surface area contributed by atoms with Crippen molar-refractivity contribution in [2.24, 2.45) is 0 Å². The third-order valence-electron chi connectivity index (χ3n) is 3.93. The van der Waals surface area contributed by atoms with Crippen molar-refractivity contribution in [3.05, 3.63) is 33.2 Å². The average Bonchev–Trinajstić information content (AvgIpc) is 3.11. The van der Waals surface area contributed by atoms with Crippen LogP contribution < -0.4 is 10.9 Å². The summed E-state index contributed by atoms with van der Waals surface area (Å²) >= 11 is 0. The first-order valence-corrected chi connectivity index (χ1v) is 6.99. The van der Waals surface area contributed by atoms with Gasteiger partial charge < -0.3 is 9.88 Å². The summed E-state index contributed by atoms with van der Waals surface area (Å²) in [4.78, 5) is 12.6. The molecule has 0 aromatic carbocycles. The number of aryl methyl sites for hydroxylation is 2. The standard InChI is InChI=1S/C15H24N2O/c1-5-11(3)17-12(4)8-10(2)14(15(17)18)9-16-13-6-7-13/h8,11,13,16H,5-7,9H2,1-4H3. The van der Waals surface area contributed by atoms with Crippen LogP contribution in [0.15, 0.2) is 10.9 Å². The fourth-order valence-electron chi connectivity index (χ4n) is 2.42. The number of nitrogens with one attached hydrogen (secondary N) is 1. The highest BCUT2D eigenvalue weighted by atomic mass is 16.1. The van der Waals surface area contributed by atoms with Gasteiger partial charge in [-0.05, 0) is 51.7 Å². The van der Waals surface area contributed by atoms with Crippen molar-refractivity contribution in [1.29, 1.82) is 0 Å². The maximum absolute atomic E-state index is 12.6. The highest BCUT2D eigenvalue weighted by molar-refractivity contribution is 5.26. The van der Waals surface area contributed by atoms with Crippen LogP contribution in [0.2, 0.25) is 0 Å². The van der Waals surface area contributed by atoms with Crippen LogP contribution in [0, 0.1) is 13.8 Å². The zero-order valence-corrected chi connectivity index (χ0v) is 11.9. The van der Waals surface area contributed by atoms with Crippen molar-refractivity contribution in [2.45, 2.75) is 65.6 Å². The Morgan fingerprint density at radius 2 is 2.11 bits per heavy atom. The molecule has 1 aliphatic carbocycles. The van der Waals surface area contributed by atoms with Crippen molar-refractivity contribution in [1.82, 2.24) is 9.88 Å². The summed E-state index contributed by atoms with van der Waals surface area (Å²) in [5.41, 5.74) is 3.31. The first kappa shape index (κ1) is 13.3. The Bertz CT molecular complexity index is 486. The molecule has 0 saturated heterocycles. The van der Waals surface area contributed by atoms with E-state index in [0.717, 1.165) is 23.2 Å². The third-order valence-corrected chi connectivity index (χ3v) is 3.93. The molecule has 2 rings (SSSR count). The average molecular weight is 248 g/mol. The summed E-state index contributed by atoms with van der Waals surface area (Å²) in [6.07, 6.45) is 3.49. The summed E-state index contributed by atoms with van der Waals surface area (Å²) in [5.74, 6) is 0. The predicted octanol–water partition coefficient (Wildman–Crippen LogP) is 2.69. The molecule has 1 aliphatic rings. The van der Waals surface area contributed by atoms with Crippen LogP contribution in [-0.4, -0.2) is 10.6 Å². The minimum Gasteiger partial charge on any atom is -0.310 e. The molecule has 0 bridgehead atoms. The summed E-state index contributed by atoms with van der Waals surface area (Å²) in [6.45, 7) is 9.02. The molecule has 0 spiro atoms. The van der Waals surface area contributed by atoms with Crippen molar-refractivity contribution >= 4 is 0 Å². The summed E-state index contributed by atoms with van der Waals surface area (Å²) in [6, 6.07) is 3.05. The second-order valence-electron chi connectivity index (χ2n) is 5.53. The van der Waals surface area contributed by atoms with E-state index in [2.05, 4.69) is 25.2 Å². The number of rotatable bonds is 5. The Kier molecular flexibility index (Phi) is 3.91. The highest BCUT2D eigenvalue weighted by Crippen LogP contribution is 2.20. The quantitative estimate of drug-likeness (QED) is 0.869. The van der Waals surface area contributed by atoms with Gasteiger partial charge in [-0.25, -0.2) is 0 Å². The Balaban J connectivity index is 2.35. The van der Waals surface area contributed by atoms with E-state index in [-0.39, 0.29) is 11.6 Å². The molecule has 1 fully saturated rings. The Morgan fingerprint density at radius 3 is 2.67 bits per heavy atom. The van der Waals surface area contributed by atoms with Gasteiger partial charge in [0.25, 0.3) is 5.56 Å². The lowest BCUT2D eigenvalue weighted by atomic mass is 10.1. The van der Waals surface area contributed by atoms with E-state index in [9.17, 15) is 4.79 Å². The lowest BCUT2D eigenvalue weighted by molar-refractivity contribution is 0.496. The topological polar surface area (TPSA) is 34.0 Å². The fourth-order valence-corrected chi connectivity index (χ4v) is 2.42. The van der Waals surface area contributed by atoms with Crippen LogP contribution in [0.3, 0.4) is 0 Å². The first-order valence-electron chi connectivity index (χ1n) is 6.99. The molecule has 18 heavy (non-hydrogen) atoms. The van der Waals surface area contributed by atoms with E-state index >= 15 is 0 Å². The van der Waals surface area contributed by atoms with Crippen molar-refractivity contribution in [2.75, 3.05) is 0 Å². The van der Waals surface area contributed by atoms with Gasteiger partial charge in [0.05, 0.1) is 0 Å². The molecule has 0 aliphatic heterocycles. The molecule has 1 aromatic heterocycles. The Labute approximate surface area is 109 Å². The summed E-state index contributed by atoms with van der Waals surface area (Å²) < 4.78 is 1.94. The normalized spacial score (nSPS) is 16.9. The number of hydrogen-bond donors (Lipinski definition) is 1. The fraction of sp³-hybridized carbons (Fsp3) is 0.667. The van der Waals surface area contributed by atoms with Crippen LogP contribution in [0.1, 0.15) is 56.0 Å². The van der Waals surface area contributed by atoms with Crippen LogP contribution >= 0.6 is 0 Å². The van der Waals surface area contributed by atoms with Crippen molar-refractivity contribution < 1.29 is 0 Å². The second-order valence-corrected chi connectivity index (χ2v) is 5.53. The maximum atomic E-state index is 12.6. The molecular weight excluding hydrogens is 224 g/mol. The van der Waals surface area contributed by atoms with Gasteiger partial charge in [-0.1, -0.05) is 6.92 Å². The molecule has 1 atom stereocenters. The number of pyridine rings is 1. The van der Waals surface area contributed by atoms with Crippen LogP contribution in [0.4, 0.5) is 0 Å². The lowest BCUT2D eigenvalue weighted by Crippen LogP contribution is -2.32. The minimum absolute atomic E-state index is 0.190. The monoisotopic (exact) mass is 248 g/mol. The SMILES string of the molecule is CCC(C)n1c(C)cc(C)c(CNC2CC2)c1=O. The van der Waals surface area contributed by atoms with Gasteiger partial charge in [-0.2, -0.15) is 0 Å². The van der Waals surface area contributed by atoms with E-state index in [1.807, 2.05) is 18.4 Å². The van der Waals surface area contributed by atoms with E-state index in [4.69, 9.17) is 0 Å². The van der Waals surface area contributed by atoms with E-state index in [1.165, 1.54) is 12.8 Å². The van der Waals surface area contributed by atoms with Gasteiger partial charge in [-0.3, -0.25) is 4.79 Å². The van der Waals surface area contributed by atoms with Gasteiger partial charge in [0.1, 0.15) is 0 Å². The molecular formula is C15H24N2O. The molecule has 1 aromatic rings. The minimum atomic E-state index is 0.190. The van der Waals surface area contributed by atoms with Gasteiger partial charge in [0.2, 0.25) is 0 Å². The summed E-state index contributed by atoms with van der Waals surface area (Å²) in [7, 11) is 0. The number of aromatic nitrogens is 1. The van der Waals surface area contributed by atoms with Gasteiger partial charge >= 0.3 is 0 Å². The molecule has 3 heteroatoms. The molecule has 100 valence electrons. The van der Waals surface area contributed by atoms with Crippen LogP contribution in [-0.2, 0) is 6.54 Å². The highest BCUT2D eigenvalue weighted by Gasteiger charge is 2.21. The third kappa shape index (κ3) is 2.66. The Morgan fingerprint density at radius 1 is 1.44 bits per heavy atom. The van der Waals surface area contributed by atoms with E-state index in [0.29, 0.717) is 12.6 Å². The Hall–Kier alpha value is -1.09. The molecule has 3 nitrogen and oxygen atoms in total. The van der Waals surface area contributed by atoms with Crippen molar-refractivity contribution in [3.63, 3.8) is 0 Å². The largest absolute Gasteiger partial charge is 0.310 e. The number of nitrogens with zero attached hydrogens (tertiary/aromatic N) is 1. The van der Waals surface area contributed by atoms with Gasteiger partial charge in [0, 0.05) is 29.9 Å². The first-order chi connectivity index (χ1) is 8.54. The molecule has 0 amide bonds. The molecule has 0 radical (unpaired) electrons. The lowest BCUT2D eigenvalue weighted by Gasteiger charge is -2.19. The van der Waals surface area contributed by atoms with Crippen LogP contribution in [0.5, 0.6) is 0 Å². The van der Waals surface area contributed by atoms with Gasteiger partial charge in [-0.15, -0.1) is 0 Å². The second kappa shape index (κ2) is 5.27. The zero-order valence-electron chi connectivity index (χ0n) is 11.9. The predicted molar refractivity (Wildman–Crippen MR) is 75.0 cm³/mol. The van der Waals surface area contributed by atoms with E-state index < -0.39 is 0 Å². The van der Waals surface area contributed by atoms with Crippen LogP contribution in [0.25, 0.3) is 0 Å².